The van der Waals surface area contributed by atoms with Gasteiger partial charge < -0.3 is 4.42 Å². The number of rotatable bonds is 3. The molecule has 0 aliphatic rings. The van der Waals surface area contributed by atoms with Gasteiger partial charge in [0.25, 0.3) is 0 Å². The van der Waals surface area contributed by atoms with Crippen molar-refractivity contribution in [3.8, 4) is 0 Å². The minimum atomic E-state index is -0.330. The van der Waals surface area contributed by atoms with Crippen molar-refractivity contribution in [2.24, 2.45) is 0 Å². The quantitative estimate of drug-likeness (QED) is 0.656. The van der Waals surface area contributed by atoms with Crippen LogP contribution in [0.1, 0.15) is 27.2 Å². The number of aryl methyl sites for hydroxylation is 2. The Balaban J connectivity index is 1.91. The first-order valence-electron chi connectivity index (χ1n) is 6.81. The third-order valence-electron chi connectivity index (χ3n) is 3.61. The molecule has 0 amide bonds. The van der Waals surface area contributed by atoms with Gasteiger partial charge in [0.1, 0.15) is 11.4 Å². The van der Waals surface area contributed by atoms with Crippen LogP contribution in [0.15, 0.2) is 46.9 Å². The molecule has 2 nitrogen and oxygen atoms in total. The third-order valence-corrected chi connectivity index (χ3v) is 3.61. The fraction of sp³-hybridized carbons (Fsp3) is 0.167. The van der Waals surface area contributed by atoms with E-state index in [0.29, 0.717) is 16.9 Å². The van der Waals surface area contributed by atoms with Gasteiger partial charge in [0.05, 0.1) is 0 Å². The monoisotopic (exact) mass is 282 g/mol. The van der Waals surface area contributed by atoms with Gasteiger partial charge in [-0.2, -0.15) is 0 Å². The number of carbonyl (C=O) groups is 1. The lowest BCUT2D eigenvalue weighted by molar-refractivity contribution is 0.0968. The highest BCUT2D eigenvalue weighted by Gasteiger charge is 2.14. The highest BCUT2D eigenvalue weighted by molar-refractivity contribution is 5.98. The maximum atomic E-state index is 13.3. The molecule has 0 unspecified atom stereocenters. The minimum Gasteiger partial charge on any atom is -0.453 e. The average Bonchev–Trinajstić information content (AvgIpc) is 2.86. The number of halogens is 1. The second kappa shape index (κ2) is 5.17. The first-order chi connectivity index (χ1) is 10.0. The van der Waals surface area contributed by atoms with Crippen LogP contribution in [-0.4, -0.2) is 5.78 Å². The van der Waals surface area contributed by atoms with E-state index in [1.165, 1.54) is 12.1 Å². The summed E-state index contributed by atoms with van der Waals surface area (Å²) in [7, 11) is 0. The van der Waals surface area contributed by atoms with E-state index in [9.17, 15) is 9.18 Å². The molecule has 0 spiro atoms. The van der Waals surface area contributed by atoms with Crippen molar-refractivity contribution in [3.63, 3.8) is 0 Å². The van der Waals surface area contributed by atoms with Crippen LogP contribution < -0.4 is 0 Å². The first-order valence-corrected chi connectivity index (χ1v) is 6.81. The van der Waals surface area contributed by atoms with Crippen LogP contribution >= 0.6 is 0 Å². The van der Waals surface area contributed by atoms with Crippen LogP contribution in [0.5, 0.6) is 0 Å². The summed E-state index contributed by atoms with van der Waals surface area (Å²) in [5, 5.41) is 0.911. The van der Waals surface area contributed by atoms with Gasteiger partial charge >= 0.3 is 0 Å². The van der Waals surface area contributed by atoms with E-state index in [1.807, 2.05) is 32.0 Å². The summed E-state index contributed by atoms with van der Waals surface area (Å²) in [5.41, 5.74) is 3.40. The SMILES string of the molecule is Cc1ccc2oc(C(=O)Cc3cc(F)ccc3C)cc2c1. The molecule has 21 heavy (non-hydrogen) atoms. The Hall–Kier alpha value is -2.42. The zero-order valence-electron chi connectivity index (χ0n) is 11.9. The zero-order chi connectivity index (χ0) is 15.0. The molecule has 2 aromatic carbocycles. The normalized spacial score (nSPS) is 11.0. The van der Waals surface area contributed by atoms with Gasteiger partial charge in [-0.3, -0.25) is 4.79 Å². The van der Waals surface area contributed by atoms with Gasteiger partial charge in [-0.25, -0.2) is 4.39 Å². The molecule has 0 atom stereocenters. The highest BCUT2D eigenvalue weighted by atomic mass is 19.1. The smallest absolute Gasteiger partial charge is 0.202 e. The fourth-order valence-corrected chi connectivity index (χ4v) is 2.39. The van der Waals surface area contributed by atoms with Gasteiger partial charge in [-0.1, -0.05) is 17.7 Å². The van der Waals surface area contributed by atoms with E-state index < -0.39 is 0 Å². The van der Waals surface area contributed by atoms with Crippen LogP contribution in [0.2, 0.25) is 0 Å². The summed E-state index contributed by atoms with van der Waals surface area (Å²) in [6, 6.07) is 12.0. The molecule has 0 aliphatic heterocycles. The van der Waals surface area contributed by atoms with Crippen molar-refractivity contribution in [3.05, 3.63) is 70.7 Å². The molecule has 0 N–H and O–H groups in total. The standard InChI is InChI=1S/C18H15FO2/c1-11-3-6-17-14(7-11)10-18(21-17)16(20)9-13-8-15(19)5-4-12(13)2/h3-8,10H,9H2,1-2H3. The van der Waals surface area contributed by atoms with E-state index in [2.05, 4.69) is 0 Å². The number of hydrogen-bond donors (Lipinski definition) is 0. The summed E-state index contributed by atoms with van der Waals surface area (Å²) in [6.45, 7) is 3.86. The lowest BCUT2D eigenvalue weighted by Crippen LogP contribution is -2.04. The molecule has 0 radical (unpaired) electrons. The average molecular weight is 282 g/mol. The van der Waals surface area contributed by atoms with Gasteiger partial charge in [0.15, 0.2) is 5.76 Å². The van der Waals surface area contributed by atoms with Gasteiger partial charge in [0.2, 0.25) is 5.78 Å². The lowest BCUT2D eigenvalue weighted by Gasteiger charge is -2.03. The van der Waals surface area contributed by atoms with E-state index in [1.54, 1.807) is 12.1 Å². The predicted octanol–water partition coefficient (Wildman–Crippen LogP) is 4.61. The minimum absolute atomic E-state index is 0.141. The Bertz CT molecular complexity index is 830. The Kier molecular flexibility index (Phi) is 3.34. The summed E-state index contributed by atoms with van der Waals surface area (Å²) in [6.07, 6.45) is 0.141. The summed E-state index contributed by atoms with van der Waals surface area (Å²) in [4.78, 5) is 12.3. The van der Waals surface area contributed by atoms with E-state index in [4.69, 9.17) is 4.42 Å². The van der Waals surface area contributed by atoms with Crippen molar-refractivity contribution in [1.29, 1.82) is 0 Å². The van der Waals surface area contributed by atoms with Crippen LogP contribution in [0.25, 0.3) is 11.0 Å². The molecule has 3 aromatic rings. The summed E-state index contributed by atoms with van der Waals surface area (Å²) in [5.74, 6) is -0.152. The largest absolute Gasteiger partial charge is 0.453 e. The summed E-state index contributed by atoms with van der Waals surface area (Å²) >= 11 is 0. The summed E-state index contributed by atoms with van der Waals surface area (Å²) < 4.78 is 18.9. The van der Waals surface area contributed by atoms with Crippen molar-refractivity contribution in [2.45, 2.75) is 20.3 Å². The van der Waals surface area contributed by atoms with Gasteiger partial charge in [0, 0.05) is 11.8 Å². The lowest BCUT2D eigenvalue weighted by atomic mass is 10.0. The molecule has 1 heterocycles. The maximum absolute atomic E-state index is 13.3. The molecule has 1 aromatic heterocycles. The molecule has 106 valence electrons. The van der Waals surface area contributed by atoms with Crippen LogP contribution in [0.3, 0.4) is 0 Å². The molecule has 0 saturated carbocycles. The maximum Gasteiger partial charge on any atom is 0.202 e. The molecule has 0 bridgehead atoms. The molecular formula is C18H15FO2. The van der Waals surface area contributed by atoms with E-state index in [-0.39, 0.29) is 18.0 Å². The van der Waals surface area contributed by atoms with Crippen molar-refractivity contribution < 1.29 is 13.6 Å². The van der Waals surface area contributed by atoms with E-state index in [0.717, 1.165) is 16.5 Å². The van der Waals surface area contributed by atoms with Crippen LogP contribution in [-0.2, 0) is 6.42 Å². The second-order valence-corrected chi connectivity index (χ2v) is 5.32. The Labute approximate surface area is 122 Å². The van der Waals surface area contributed by atoms with Gasteiger partial charge in [-0.05, 0) is 55.3 Å². The zero-order valence-corrected chi connectivity index (χ0v) is 11.9. The molecule has 3 rings (SSSR count). The number of fused-ring (bicyclic) bond motifs is 1. The molecule has 0 fully saturated rings. The molecule has 0 saturated heterocycles. The fourth-order valence-electron chi connectivity index (χ4n) is 2.39. The predicted molar refractivity (Wildman–Crippen MR) is 80.1 cm³/mol. The van der Waals surface area contributed by atoms with E-state index >= 15 is 0 Å². The first kappa shape index (κ1) is 13.6. The van der Waals surface area contributed by atoms with Gasteiger partial charge in [-0.15, -0.1) is 0 Å². The molecule has 0 aliphatic carbocycles. The van der Waals surface area contributed by atoms with Crippen molar-refractivity contribution >= 4 is 16.8 Å². The number of carbonyl (C=O) groups excluding carboxylic acids is 1. The Morgan fingerprint density at radius 1 is 1.10 bits per heavy atom. The highest BCUT2D eigenvalue weighted by Crippen LogP contribution is 2.22. The van der Waals surface area contributed by atoms with Crippen LogP contribution in [0.4, 0.5) is 4.39 Å². The van der Waals surface area contributed by atoms with Crippen molar-refractivity contribution in [1.82, 2.24) is 0 Å². The number of benzene rings is 2. The van der Waals surface area contributed by atoms with Crippen LogP contribution in [0, 0.1) is 19.7 Å². The third kappa shape index (κ3) is 2.72. The molecular weight excluding hydrogens is 267 g/mol. The topological polar surface area (TPSA) is 30.2 Å². The number of furan rings is 1. The number of Topliss-reactive ketones (excluding diaryl/α,β-unsaturated/α-hetero) is 1. The second-order valence-electron chi connectivity index (χ2n) is 5.32. The Morgan fingerprint density at radius 3 is 2.71 bits per heavy atom. The number of ketones is 1. The molecule has 3 heteroatoms. The van der Waals surface area contributed by atoms with Crippen molar-refractivity contribution in [2.75, 3.05) is 0 Å². The Morgan fingerprint density at radius 2 is 1.90 bits per heavy atom. The number of hydrogen-bond acceptors (Lipinski definition) is 2.